The Morgan fingerprint density at radius 2 is 1.80 bits per heavy atom. The number of para-hydroxylation sites is 1. The molecule has 0 aliphatic rings. The van der Waals surface area contributed by atoms with Gasteiger partial charge >= 0.3 is 7.82 Å². The highest BCUT2D eigenvalue weighted by atomic mass is 31.2. The van der Waals surface area contributed by atoms with Gasteiger partial charge in [-0.15, -0.1) is 0 Å². The number of fused-ring (bicyclic) bond motifs is 1. The van der Waals surface area contributed by atoms with Crippen molar-refractivity contribution in [3.05, 3.63) is 36.5 Å². The number of benzene rings is 1. The molecule has 1 aromatic carbocycles. The second-order valence-electron chi connectivity index (χ2n) is 4.22. The summed E-state index contributed by atoms with van der Waals surface area (Å²) < 4.78 is 30.0. The van der Waals surface area contributed by atoms with Gasteiger partial charge in [0.1, 0.15) is 7.05 Å². The largest absolute Gasteiger partial charge is 0.530 e. The van der Waals surface area contributed by atoms with Crippen LogP contribution in [0.1, 0.15) is 13.8 Å². The number of pyridine rings is 1. The minimum absolute atomic E-state index is 0.261. The zero-order valence-corrected chi connectivity index (χ0v) is 12.8. The topological polar surface area (TPSA) is 48.6 Å². The molecule has 5 nitrogen and oxygen atoms in total. The Kier molecular flexibility index (Phi) is 4.76. The fourth-order valence-electron chi connectivity index (χ4n) is 1.97. The second-order valence-corrected chi connectivity index (χ2v) is 5.81. The molecule has 1 heterocycles. The lowest BCUT2D eigenvalue weighted by Gasteiger charge is -2.16. The maximum atomic E-state index is 12.4. The maximum absolute atomic E-state index is 12.4. The van der Waals surface area contributed by atoms with Gasteiger partial charge in [-0.05, 0) is 19.9 Å². The average Bonchev–Trinajstić information content (AvgIpc) is 2.39. The van der Waals surface area contributed by atoms with Crippen molar-refractivity contribution in [1.29, 1.82) is 0 Å². The molecular weight excluding hydrogens is 277 g/mol. The third-order valence-electron chi connectivity index (χ3n) is 2.73. The van der Waals surface area contributed by atoms with Crippen LogP contribution in [0.3, 0.4) is 0 Å². The van der Waals surface area contributed by atoms with Gasteiger partial charge in [0.2, 0.25) is 11.7 Å². The molecule has 2 rings (SSSR count). The van der Waals surface area contributed by atoms with Gasteiger partial charge in [-0.25, -0.2) is 4.57 Å². The molecule has 0 saturated heterocycles. The SMILES string of the molecule is CCOP(=O)(OCC)Oc1cc2ccccc2[n+](C)c1. The van der Waals surface area contributed by atoms with Gasteiger partial charge in [0.05, 0.1) is 18.6 Å². The lowest BCUT2D eigenvalue weighted by molar-refractivity contribution is -0.645. The van der Waals surface area contributed by atoms with E-state index in [0.29, 0.717) is 5.75 Å². The summed E-state index contributed by atoms with van der Waals surface area (Å²) in [4.78, 5) is 0. The van der Waals surface area contributed by atoms with Crippen LogP contribution < -0.4 is 9.09 Å². The zero-order valence-electron chi connectivity index (χ0n) is 11.9. The first-order valence-electron chi connectivity index (χ1n) is 6.55. The lowest BCUT2D eigenvalue weighted by Crippen LogP contribution is -2.28. The molecule has 20 heavy (non-hydrogen) atoms. The molecule has 0 atom stereocenters. The van der Waals surface area contributed by atoms with Gasteiger partial charge in [-0.1, -0.05) is 12.1 Å². The van der Waals surface area contributed by atoms with Gasteiger partial charge in [0.25, 0.3) is 0 Å². The summed E-state index contributed by atoms with van der Waals surface area (Å²) >= 11 is 0. The highest BCUT2D eigenvalue weighted by Crippen LogP contribution is 2.49. The zero-order chi connectivity index (χ0) is 14.6. The summed E-state index contributed by atoms with van der Waals surface area (Å²) in [6.07, 6.45) is 1.76. The average molecular weight is 296 g/mol. The molecule has 0 aliphatic heterocycles. The minimum atomic E-state index is -3.55. The lowest BCUT2D eigenvalue weighted by atomic mass is 10.2. The predicted octanol–water partition coefficient (Wildman–Crippen LogP) is 3.22. The van der Waals surface area contributed by atoms with Gasteiger partial charge in [-0.3, -0.25) is 9.05 Å². The third-order valence-corrected chi connectivity index (χ3v) is 4.31. The van der Waals surface area contributed by atoms with E-state index < -0.39 is 7.82 Å². The maximum Gasteiger partial charge on any atom is 0.530 e. The normalized spacial score (nSPS) is 11.8. The molecule has 0 unspecified atom stereocenters. The monoisotopic (exact) mass is 296 g/mol. The molecule has 0 N–H and O–H groups in total. The Hall–Kier alpha value is -1.42. The van der Waals surface area contributed by atoms with Crippen LogP contribution in [0.25, 0.3) is 10.9 Å². The minimum Gasteiger partial charge on any atom is -0.398 e. The van der Waals surface area contributed by atoms with Gasteiger partial charge in [0.15, 0.2) is 5.75 Å². The predicted molar refractivity (Wildman–Crippen MR) is 76.6 cm³/mol. The molecule has 2 aromatic rings. The quantitative estimate of drug-likeness (QED) is 0.606. The summed E-state index contributed by atoms with van der Waals surface area (Å²) in [6, 6.07) is 9.70. The number of nitrogens with zero attached hydrogens (tertiary/aromatic N) is 1. The number of aryl methyl sites for hydroxylation is 1. The standard InChI is InChI=1S/C14H19NO4P/c1-4-17-20(16,18-5-2)19-13-10-12-8-6-7-9-14(12)15(3)11-13/h6-11H,4-5H2,1-3H3/q+1. The Bertz CT molecular complexity index is 634. The van der Waals surface area contributed by atoms with Crippen molar-refractivity contribution in [3.63, 3.8) is 0 Å². The fraction of sp³-hybridized carbons (Fsp3) is 0.357. The molecule has 0 saturated carbocycles. The molecule has 108 valence electrons. The van der Waals surface area contributed by atoms with E-state index in [1.54, 1.807) is 20.0 Å². The smallest absolute Gasteiger partial charge is 0.398 e. The van der Waals surface area contributed by atoms with E-state index in [2.05, 4.69) is 0 Å². The molecule has 6 heteroatoms. The van der Waals surface area contributed by atoms with Crippen LogP contribution in [0.2, 0.25) is 0 Å². The molecule has 1 aromatic heterocycles. The molecule has 0 radical (unpaired) electrons. The Morgan fingerprint density at radius 1 is 1.15 bits per heavy atom. The number of phosphoric acid groups is 1. The van der Waals surface area contributed by atoms with E-state index in [4.69, 9.17) is 13.6 Å². The molecule has 0 aliphatic carbocycles. The summed E-state index contributed by atoms with van der Waals surface area (Å²) in [5.74, 6) is 0.455. The fourth-order valence-corrected chi connectivity index (χ4v) is 3.14. The van der Waals surface area contributed by atoms with Crippen molar-refractivity contribution < 1.29 is 22.7 Å². The van der Waals surface area contributed by atoms with Gasteiger partial charge < -0.3 is 4.52 Å². The van der Waals surface area contributed by atoms with Crippen LogP contribution in [0.5, 0.6) is 5.75 Å². The highest BCUT2D eigenvalue weighted by Gasteiger charge is 2.28. The second kappa shape index (κ2) is 6.35. The number of hydrogen-bond donors (Lipinski definition) is 0. The Morgan fingerprint density at radius 3 is 2.45 bits per heavy atom. The van der Waals surface area contributed by atoms with Crippen molar-refractivity contribution >= 4 is 18.7 Å². The number of rotatable bonds is 6. The van der Waals surface area contributed by atoms with E-state index in [0.717, 1.165) is 10.9 Å². The number of aromatic nitrogens is 1. The molecular formula is C14H19NO4P+. The van der Waals surface area contributed by atoms with Crippen LogP contribution in [-0.4, -0.2) is 13.2 Å². The number of phosphoric ester groups is 1. The first-order valence-corrected chi connectivity index (χ1v) is 8.01. The van der Waals surface area contributed by atoms with Crippen LogP contribution in [0.15, 0.2) is 36.5 Å². The molecule has 0 bridgehead atoms. The van der Waals surface area contributed by atoms with Gasteiger partial charge in [0, 0.05) is 12.1 Å². The number of hydrogen-bond acceptors (Lipinski definition) is 4. The van der Waals surface area contributed by atoms with Crippen molar-refractivity contribution in [1.82, 2.24) is 0 Å². The van der Waals surface area contributed by atoms with Crippen molar-refractivity contribution in [3.8, 4) is 5.75 Å². The van der Waals surface area contributed by atoms with Crippen LogP contribution in [-0.2, 0) is 20.7 Å². The van der Waals surface area contributed by atoms with E-state index in [1.165, 1.54) is 0 Å². The summed E-state index contributed by atoms with van der Waals surface area (Å²) in [6.45, 7) is 4.01. The van der Waals surface area contributed by atoms with Crippen molar-refractivity contribution in [2.45, 2.75) is 13.8 Å². The van der Waals surface area contributed by atoms with Crippen LogP contribution in [0.4, 0.5) is 0 Å². The third kappa shape index (κ3) is 3.37. The molecule has 0 fully saturated rings. The van der Waals surface area contributed by atoms with E-state index >= 15 is 0 Å². The van der Waals surface area contributed by atoms with E-state index in [1.807, 2.05) is 41.9 Å². The van der Waals surface area contributed by atoms with Gasteiger partial charge in [-0.2, -0.15) is 4.57 Å². The van der Waals surface area contributed by atoms with E-state index in [-0.39, 0.29) is 13.2 Å². The Balaban J connectivity index is 2.35. The van der Waals surface area contributed by atoms with Crippen molar-refractivity contribution in [2.24, 2.45) is 7.05 Å². The van der Waals surface area contributed by atoms with E-state index in [9.17, 15) is 4.57 Å². The Labute approximate surface area is 118 Å². The highest BCUT2D eigenvalue weighted by molar-refractivity contribution is 7.48. The first-order chi connectivity index (χ1) is 9.58. The summed E-state index contributed by atoms with van der Waals surface area (Å²) in [7, 11) is -1.65. The summed E-state index contributed by atoms with van der Waals surface area (Å²) in [5.41, 5.74) is 1.06. The van der Waals surface area contributed by atoms with Crippen LogP contribution in [0, 0.1) is 0 Å². The first kappa shape index (κ1) is 15.0. The molecule has 0 amide bonds. The van der Waals surface area contributed by atoms with Crippen molar-refractivity contribution in [2.75, 3.05) is 13.2 Å². The molecule has 0 spiro atoms. The van der Waals surface area contributed by atoms with Crippen LogP contribution >= 0.6 is 7.82 Å². The summed E-state index contributed by atoms with van der Waals surface area (Å²) in [5, 5.41) is 0.993.